The van der Waals surface area contributed by atoms with Crippen molar-refractivity contribution >= 4 is 17.3 Å². The molecule has 1 N–H and O–H groups in total. The highest BCUT2D eigenvalue weighted by Crippen LogP contribution is 2.28. The molecule has 0 aliphatic carbocycles. The van der Waals surface area contributed by atoms with Gasteiger partial charge in [-0.1, -0.05) is 11.6 Å². The summed E-state index contributed by atoms with van der Waals surface area (Å²) in [4.78, 5) is 6.37. The molecule has 0 spiro atoms. The molecule has 5 heteroatoms. The van der Waals surface area contributed by atoms with Crippen molar-refractivity contribution in [3.8, 4) is 6.07 Å². The van der Waals surface area contributed by atoms with Gasteiger partial charge in [0.05, 0.1) is 17.4 Å². The van der Waals surface area contributed by atoms with E-state index in [1.54, 1.807) is 6.20 Å². The van der Waals surface area contributed by atoms with E-state index in [0.717, 1.165) is 31.2 Å². The highest BCUT2D eigenvalue weighted by Gasteiger charge is 2.32. The molecule has 1 aromatic rings. The van der Waals surface area contributed by atoms with Crippen molar-refractivity contribution in [2.75, 3.05) is 24.5 Å². The molecule has 0 amide bonds. The number of halogens is 1. The van der Waals surface area contributed by atoms with E-state index < -0.39 is 0 Å². The van der Waals surface area contributed by atoms with Crippen LogP contribution in [0.25, 0.3) is 0 Å². The van der Waals surface area contributed by atoms with Crippen molar-refractivity contribution in [3.05, 3.63) is 23.0 Å². The summed E-state index contributed by atoms with van der Waals surface area (Å²) in [6, 6.07) is 4.49. The van der Waals surface area contributed by atoms with Crippen LogP contribution in [0.1, 0.15) is 12.0 Å². The van der Waals surface area contributed by atoms with Crippen LogP contribution in [0.2, 0.25) is 5.15 Å². The second kappa shape index (κ2) is 4.17. The van der Waals surface area contributed by atoms with Crippen LogP contribution in [-0.2, 0) is 0 Å². The zero-order valence-corrected chi connectivity index (χ0v) is 10.1. The van der Waals surface area contributed by atoms with Crippen LogP contribution >= 0.6 is 11.6 Å². The van der Waals surface area contributed by atoms with E-state index in [4.69, 9.17) is 16.9 Å². The lowest BCUT2D eigenvalue weighted by atomic mass is 9.99. The summed E-state index contributed by atoms with van der Waals surface area (Å²) in [6.07, 6.45) is 3.02. The minimum atomic E-state index is 0.286. The van der Waals surface area contributed by atoms with Crippen molar-refractivity contribution in [1.29, 1.82) is 5.26 Å². The molecule has 0 unspecified atom stereocenters. The predicted octanol–water partition coefficient (Wildman–Crippen LogP) is 1.40. The summed E-state index contributed by atoms with van der Waals surface area (Å²) in [5, 5.41) is 12.7. The first-order chi connectivity index (χ1) is 8.26. The SMILES string of the molecule is N#Cc1cc(N2C[C@@H]3CN[C@@H](C3)C2)cnc1Cl. The number of aromatic nitrogens is 1. The third kappa shape index (κ3) is 1.97. The molecule has 17 heavy (non-hydrogen) atoms. The number of nitrogens with zero attached hydrogens (tertiary/aromatic N) is 3. The van der Waals surface area contributed by atoms with Crippen LogP contribution in [0.5, 0.6) is 0 Å². The van der Waals surface area contributed by atoms with Gasteiger partial charge in [-0.15, -0.1) is 0 Å². The van der Waals surface area contributed by atoms with E-state index in [9.17, 15) is 0 Å². The molecule has 2 aliphatic heterocycles. The van der Waals surface area contributed by atoms with Gasteiger partial charge >= 0.3 is 0 Å². The van der Waals surface area contributed by atoms with E-state index in [1.807, 2.05) is 6.07 Å². The van der Waals surface area contributed by atoms with Gasteiger partial charge in [-0.2, -0.15) is 5.26 Å². The minimum absolute atomic E-state index is 0.286. The Morgan fingerprint density at radius 1 is 1.53 bits per heavy atom. The van der Waals surface area contributed by atoms with Gasteiger partial charge in [0.15, 0.2) is 0 Å². The second-order valence-corrected chi connectivity index (χ2v) is 5.11. The third-order valence-corrected chi connectivity index (χ3v) is 3.84. The molecule has 3 rings (SSSR count). The summed E-state index contributed by atoms with van der Waals surface area (Å²) in [5.74, 6) is 0.718. The fourth-order valence-corrected chi connectivity index (χ4v) is 2.88. The first kappa shape index (κ1) is 10.8. The Bertz CT molecular complexity index is 470. The summed E-state index contributed by atoms with van der Waals surface area (Å²) in [7, 11) is 0. The normalized spacial score (nSPS) is 26.9. The average molecular weight is 249 g/mol. The third-order valence-electron chi connectivity index (χ3n) is 3.54. The lowest BCUT2D eigenvalue weighted by Crippen LogP contribution is -2.41. The van der Waals surface area contributed by atoms with E-state index >= 15 is 0 Å². The number of pyridine rings is 1. The van der Waals surface area contributed by atoms with Crippen molar-refractivity contribution in [3.63, 3.8) is 0 Å². The standard InChI is InChI=1S/C12H13ClN4/c13-12-9(3-14)2-11(5-16-12)17-6-8-1-10(7-17)15-4-8/h2,5,8,10,15H,1,4,6-7H2/t8-,10-/m0/s1. The molecular formula is C12H13ClN4. The molecule has 3 heterocycles. The van der Waals surface area contributed by atoms with Crippen molar-refractivity contribution in [2.24, 2.45) is 5.92 Å². The number of hydrogen-bond acceptors (Lipinski definition) is 4. The van der Waals surface area contributed by atoms with Gasteiger partial charge < -0.3 is 10.2 Å². The quantitative estimate of drug-likeness (QED) is 0.764. The molecule has 0 saturated carbocycles. The summed E-state index contributed by atoms with van der Waals surface area (Å²) < 4.78 is 0. The van der Waals surface area contributed by atoms with Gasteiger partial charge in [0, 0.05) is 25.7 Å². The number of piperidine rings is 1. The molecule has 2 fully saturated rings. The number of nitrogens with one attached hydrogen (secondary N) is 1. The zero-order chi connectivity index (χ0) is 11.8. The molecule has 0 aromatic carbocycles. The Hall–Kier alpha value is -1.31. The van der Waals surface area contributed by atoms with Crippen LogP contribution in [0, 0.1) is 17.2 Å². The molecule has 1 aromatic heterocycles. The van der Waals surface area contributed by atoms with Gasteiger partial charge in [-0.25, -0.2) is 4.98 Å². The maximum atomic E-state index is 8.95. The molecule has 88 valence electrons. The molecule has 2 saturated heterocycles. The molecule has 0 radical (unpaired) electrons. The first-order valence-electron chi connectivity index (χ1n) is 5.80. The average Bonchev–Trinajstić information content (AvgIpc) is 2.69. The Morgan fingerprint density at radius 2 is 2.41 bits per heavy atom. The number of hydrogen-bond donors (Lipinski definition) is 1. The highest BCUT2D eigenvalue weighted by atomic mass is 35.5. The summed E-state index contributed by atoms with van der Waals surface area (Å²) in [6.45, 7) is 3.13. The Morgan fingerprint density at radius 3 is 3.18 bits per heavy atom. The Balaban J connectivity index is 1.87. The van der Waals surface area contributed by atoms with Gasteiger partial charge in [0.1, 0.15) is 11.2 Å². The largest absolute Gasteiger partial charge is 0.368 e. The van der Waals surface area contributed by atoms with E-state index in [-0.39, 0.29) is 5.15 Å². The molecule has 2 atom stereocenters. The maximum Gasteiger partial charge on any atom is 0.146 e. The van der Waals surface area contributed by atoms with Crippen molar-refractivity contribution < 1.29 is 0 Å². The van der Waals surface area contributed by atoms with Crippen LogP contribution in [0.4, 0.5) is 5.69 Å². The lowest BCUT2D eigenvalue weighted by molar-refractivity contribution is 0.474. The van der Waals surface area contributed by atoms with E-state index in [1.165, 1.54) is 6.42 Å². The van der Waals surface area contributed by atoms with Crippen molar-refractivity contribution in [1.82, 2.24) is 10.3 Å². The first-order valence-corrected chi connectivity index (χ1v) is 6.18. The Kier molecular flexibility index (Phi) is 2.65. The summed E-state index contributed by atoms with van der Waals surface area (Å²) in [5.41, 5.74) is 1.46. The smallest absolute Gasteiger partial charge is 0.146 e. The number of rotatable bonds is 1. The molecule has 2 aliphatic rings. The maximum absolute atomic E-state index is 8.95. The van der Waals surface area contributed by atoms with Gasteiger partial charge in [-0.3, -0.25) is 0 Å². The van der Waals surface area contributed by atoms with E-state index in [0.29, 0.717) is 11.6 Å². The van der Waals surface area contributed by atoms with Gasteiger partial charge in [0.25, 0.3) is 0 Å². The number of fused-ring (bicyclic) bond motifs is 2. The van der Waals surface area contributed by atoms with Crippen LogP contribution in [0.15, 0.2) is 12.3 Å². The topological polar surface area (TPSA) is 52.0 Å². The van der Waals surface area contributed by atoms with Crippen LogP contribution in [0.3, 0.4) is 0 Å². The molecule has 2 bridgehead atoms. The molecule has 4 nitrogen and oxygen atoms in total. The van der Waals surface area contributed by atoms with Gasteiger partial charge in [0.2, 0.25) is 0 Å². The highest BCUT2D eigenvalue weighted by molar-refractivity contribution is 6.30. The lowest BCUT2D eigenvalue weighted by Gasteiger charge is -2.32. The van der Waals surface area contributed by atoms with Crippen molar-refractivity contribution in [2.45, 2.75) is 12.5 Å². The van der Waals surface area contributed by atoms with Crippen LogP contribution < -0.4 is 10.2 Å². The monoisotopic (exact) mass is 248 g/mol. The number of anilines is 1. The summed E-state index contributed by atoms with van der Waals surface area (Å²) >= 11 is 5.84. The van der Waals surface area contributed by atoms with Gasteiger partial charge in [-0.05, 0) is 18.4 Å². The second-order valence-electron chi connectivity index (χ2n) is 4.76. The van der Waals surface area contributed by atoms with Crippen LogP contribution in [-0.4, -0.2) is 30.7 Å². The molecular weight excluding hydrogens is 236 g/mol. The zero-order valence-electron chi connectivity index (χ0n) is 9.36. The Labute approximate surface area is 105 Å². The predicted molar refractivity (Wildman–Crippen MR) is 66.1 cm³/mol. The fraction of sp³-hybridized carbons (Fsp3) is 0.500. The minimum Gasteiger partial charge on any atom is -0.368 e. The van der Waals surface area contributed by atoms with E-state index in [2.05, 4.69) is 21.3 Å². The fourth-order valence-electron chi connectivity index (χ4n) is 2.73. The number of nitriles is 1.